The lowest BCUT2D eigenvalue weighted by Crippen LogP contribution is -1.87. The fraction of sp³-hybridized carbons (Fsp3) is 0.0667. The molecule has 0 fully saturated rings. The summed E-state index contributed by atoms with van der Waals surface area (Å²) in [6.07, 6.45) is 2.41. The number of fused-ring (bicyclic) bond motifs is 1. The minimum absolute atomic E-state index is 0.594. The number of carbonyl (C=O) groups is 1. The Morgan fingerprint density at radius 2 is 2.00 bits per heavy atom. The van der Waals surface area contributed by atoms with E-state index in [0.717, 1.165) is 34.1 Å². The van der Waals surface area contributed by atoms with E-state index in [9.17, 15) is 4.79 Å². The van der Waals surface area contributed by atoms with E-state index in [1.54, 1.807) is 12.3 Å². The lowest BCUT2D eigenvalue weighted by atomic mass is 10.1. The molecule has 2 aromatic heterocycles. The highest BCUT2D eigenvalue weighted by atomic mass is 16.1. The van der Waals surface area contributed by atoms with Gasteiger partial charge in [0.05, 0.1) is 5.69 Å². The summed E-state index contributed by atoms with van der Waals surface area (Å²) in [6.45, 7) is 2.03. The molecule has 1 aromatic carbocycles. The summed E-state index contributed by atoms with van der Waals surface area (Å²) in [5, 5.41) is 1.15. The van der Waals surface area contributed by atoms with Crippen LogP contribution in [0.3, 0.4) is 0 Å². The predicted molar refractivity (Wildman–Crippen MR) is 71.7 cm³/mol. The van der Waals surface area contributed by atoms with E-state index in [0.29, 0.717) is 5.56 Å². The molecule has 0 atom stereocenters. The molecule has 3 rings (SSSR count). The van der Waals surface area contributed by atoms with Crippen LogP contribution < -0.4 is 0 Å². The highest BCUT2D eigenvalue weighted by molar-refractivity contribution is 5.96. The zero-order chi connectivity index (χ0) is 12.5. The van der Waals surface area contributed by atoms with Crippen molar-refractivity contribution < 1.29 is 4.79 Å². The van der Waals surface area contributed by atoms with Crippen LogP contribution in [-0.4, -0.2) is 16.3 Å². The van der Waals surface area contributed by atoms with Gasteiger partial charge in [0, 0.05) is 33.9 Å². The van der Waals surface area contributed by atoms with Crippen molar-refractivity contribution in [2.45, 2.75) is 6.92 Å². The van der Waals surface area contributed by atoms with Crippen LogP contribution in [0.5, 0.6) is 0 Å². The second-order valence-corrected chi connectivity index (χ2v) is 4.27. The first-order valence-electron chi connectivity index (χ1n) is 5.78. The molecule has 2 heterocycles. The number of aryl methyl sites for hydroxylation is 1. The Morgan fingerprint density at radius 3 is 2.72 bits per heavy atom. The molecule has 0 bridgehead atoms. The third-order valence-electron chi connectivity index (χ3n) is 3.07. The number of aldehydes is 1. The highest BCUT2D eigenvalue weighted by Crippen LogP contribution is 2.30. The maximum atomic E-state index is 10.6. The number of benzene rings is 1. The summed E-state index contributed by atoms with van der Waals surface area (Å²) in [5.74, 6) is 0. The maximum Gasteiger partial charge on any atom is 0.151 e. The number of carbonyl (C=O) groups excluding carboxylic acids is 1. The first-order valence-corrected chi connectivity index (χ1v) is 5.78. The van der Waals surface area contributed by atoms with Crippen molar-refractivity contribution in [1.82, 2.24) is 9.97 Å². The third-order valence-corrected chi connectivity index (χ3v) is 3.07. The Hall–Kier alpha value is -2.42. The Balaban J connectivity index is 2.23. The Kier molecular flexibility index (Phi) is 2.45. The molecule has 0 aliphatic heterocycles. The molecule has 3 heteroatoms. The molecule has 0 radical (unpaired) electrons. The van der Waals surface area contributed by atoms with Crippen molar-refractivity contribution in [2.24, 2.45) is 0 Å². The second-order valence-electron chi connectivity index (χ2n) is 4.27. The molecule has 18 heavy (non-hydrogen) atoms. The van der Waals surface area contributed by atoms with Crippen LogP contribution in [0.15, 0.2) is 42.6 Å². The maximum absolute atomic E-state index is 10.6. The van der Waals surface area contributed by atoms with E-state index < -0.39 is 0 Å². The molecular formula is C15H12N2O. The summed E-state index contributed by atoms with van der Waals surface area (Å²) >= 11 is 0. The fourth-order valence-electron chi connectivity index (χ4n) is 2.23. The summed E-state index contributed by atoms with van der Waals surface area (Å²) < 4.78 is 0. The number of para-hydroxylation sites is 1. The Labute approximate surface area is 104 Å². The van der Waals surface area contributed by atoms with Crippen LogP contribution in [0.4, 0.5) is 0 Å². The molecule has 88 valence electrons. The van der Waals surface area contributed by atoms with Gasteiger partial charge in [-0.1, -0.05) is 18.2 Å². The van der Waals surface area contributed by atoms with E-state index in [4.69, 9.17) is 0 Å². The van der Waals surface area contributed by atoms with Crippen LogP contribution in [0.25, 0.3) is 22.2 Å². The van der Waals surface area contributed by atoms with Gasteiger partial charge < -0.3 is 4.98 Å². The Bertz CT molecular complexity index is 711. The minimum Gasteiger partial charge on any atom is -0.358 e. The standard InChI is InChI=1S/C15H12N2O/c1-10-15(12-4-2-3-5-13(12)17-10)14-7-6-11(9-18)8-16-14/h2-9,17H,1H3. The van der Waals surface area contributed by atoms with Crippen molar-refractivity contribution in [3.8, 4) is 11.3 Å². The van der Waals surface area contributed by atoms with Crippen molar-refractivity contribution in [2.75, 3.05) is 0 Å². The highest BCUT2D eigenvalue weighted by Gasteiger charge is 2.10. The zero-order valence-corrected chi connectivity index (χ0v) is 9.97. The van der Waals surface area contributed by atoms with Crippen LogP contribution in [0.1, 0.15) is 16.1 Å². The van der Waals surface area contributed by atoms with Crippen LogP contribution >= 0.6 is 0 Å². The summed E-state index contributed by atoms with van der Waals surface area (Å²) in [6, 6.07) is 11.8. The van der Waals surface area contributed by atoms with Crippen molar-refractivity contribution in [3.05, 3.63) is 53.9 Å². The molecule has 0 unspecified atom stereocenters. The SMILES string of the molecule is Cc1[nH]c2ccccc2c1-c1ccc(C=O)cn1. The van der Waals surface area contributed by atoms with Gasteiger partial charge in [-0.05, 0) is 25.1 Å². The lowest BCUT2D eigenvalue weighted by molar-refractivity contribution is 0.112. The quantitative estimate of drug-likeness (QED) is 0.693. The first-order chi connectivity index (χ1) is 8.79. The molecule has 0 aliphatic rings. The van der Waals surface area contributed by atoms with Crippen LogP contribution in [0, 0.1) is 6.92 Å². The van der Waals surface area contributed by atoms with Gasteiger partial charge in [0.15, 0.2) is 6.29 Å². The minimum atomic E-state index is 0.594. The number of nitrogens with one attached hydrogen (secondary N) is 1. The average Bonchev–Trinajstić information content (AvgIpc) is 2.75. The lowest BCUT2D eigenvalue weighted by Gasteiger charge is -2.01. The number of rotatable bonds is 2. The average molecular weight is 236 g/mol. The van der Waals surface area contributed by atoms with Crippen LogP contribution in [-0.2, 0) is 0 Å². The number of hydrogen-bond acceptors (Lipinski definition) is 2. The van der Waals surface area contributed by atoms with Crippen molar-refractivity contribution in [1.29, 1.82) is 0 Å². The smallest absolute Gasteiger partial charge is 0.151 e. The normalized spacial score (nSPS) is 10.7. The topological polar surface area (TPSA) is 45.8 Å². The largest absolute Gasteiger partial charge is 0.358 e. The van der Waals surface area contributed by atoms with E-state index in [-0.39, 0.29) is 0 Å². The molecule has 1 N–H and O–H groups in total. The number of nitrogens with zero attached hydrogens (tertiary/aromatic N) is 1. The molecule has 0 spiro atoms. The van der Waals surface area contributed by atoms with Crippen LogP contribution in [0.2, 0.25) is 0 Å². The Morgan fingerprint density at radius 1 is 1.17 bits per heavy atom. The second kappa shape index (κ2) is 4.11. The third kappa shape index (κ3) is 1.61. The molecule has 0 aliphatic carbocycles. The van der Waals surface area contributed by atoms with Gasteiger partial charge in [0.2, 0.25) is 0 Å². The van der Waals surface area contributed by atoms with Gasteiger partial charge in [-0.15, -0.1) is 0 Å². The van der Waals surface area contributed by atoms with Gasteiger partial charge in [-0.2, -0.15) is 0 Å². The van der Waals surface area contributed by atoms with Gasteiger partial charge in [0.1, 0.15) is 0 Å². The molecule has 0 saturated carbocycles. The molecular weight excluding hydrogens is 224 g/mol. The summed E-state index contributed by atoms with van der Waals surface area (Å²) in [5.41, 5.74) is 4.77. The van der Waals surface area contributed by atoms with E-state index in [2.05, 4.69) is 16.0 Å². The monoisotopic (exact) mass is 236 g/mol. The molecule has 3 aromatic rings. The number of H-pyrrole nitrogens is 1. The molecule has 3 nitrogen and oxygen atoms in total. The first kappa shape index (κ1) is 10.7. The van der Waals surface area contributed by atoms with E-state index >= 15 is 0 Å². The zero-order valence-electron chi connectivity index (χ0n) is 9.97. The van der Waals surface area contributed by atoms with Gasteiger partial charge in [0.25, 0.3) is 0 Å². The van der Waals surface area contributed by atoms with Gasteiger partial charge >= 0.3 is 0 Å². The van der Waals surface area contributed by atoms with Gasteiger partial charge in [-0.25, -0.2) is 0 Å². The summed E-state index contributed by atoms with van der Waals surface area (Å²) in [7, 11) is 0. The molecule has 0 saturated heterocycles. The van der Waals surface area contributed by atoms with E-state index in [1.807, 2.05) is 31.2 Å². The number of hydrogen-bond donors (Lipinski definition) is 1. The predicted octanol–water partition coefficient (Wildman–Crippen LogP) is 3.35. The van der Waals surface area contributed by atoms with Gasteiger partial charge in [-0.3, -0.25) is 9.78 Å². The number of aromatic nitrogens is 2. The van der Waals surface area contributed by atoms with Crippen molar-refractivity contribution in [3.63, 3.8) is 0 Å². The van der Waals surface area contributed by atoms with Crippen molar-refractivity contribution >= 4 is 17.2 Å². The molecule has 0 amide bonds. The number of pyridine rings is 1. The van der Waals surface area contributed by atoms with E-state index in [1.165, 1.54) is 0 Å². The summed E-state index contributed by atoms with van der Waals surface area (Å²) in [4.78, 5) is 18.3. The fourth-order valence-corrected chi connectivity index (χ4v) is 2.23. The number of aromatic amines is 1.